The minimum atomic E-state index is -0.704. The molecule has 0 aliphatic heterocycles. The van der Waals surface area contributed by atoms with E-state index in [2.05, 4.69) is 11.2 Å². The minimum absolute atomic E-state index is 0.0361. The Morgan fingerprint density at radius 1 is 1.62 bits per heavy atom. The standard InChI is InChI=1S/C10H8N2O4/c1-2-5-11-10(14)8-6-7(13)3-4-9(8)12(15)16/h1,3-4,6,13H,5H2,(H,11,14). The first-order valence-corrected chi connectivity index (χ1v) is 4.25. The number of hydrogen-bond acceptors (Lipinski definition) is 4. The average Bonchev–Trinajstić information content (AvgIpc) is 2.25. The molecule has 0 atom stereocenters. The summed E-state index contributed by atoms with van der Waals surface area (Å²) >= 11 is 0. The van der Waals surface area contributed by atoms with E-state index >= 15 is 0 Å². The number of rotatable bonds is 3. The number of nitro benzene ring substituents is 1. The first-order valence-electron chi connectivity index (χ1n) is 4.25. The van der Waals surface area contributed by atoms with Gasteiger partial charge in [-0.1, -0.05) is 5.92 Å². The van der Waals surface area contributed by atoms with Crippen LogP contribution in [0.15, 0.2) is 18.2 Å². The molecule has 0 aliphatic rings. The molecular formula is C10H8N2O4. The lowest BCUT2D eigenvalue weighted by atomic mass is 10.1. The molecule has 0 heterocycles. The number of carbonyl (C=O) groups is 1. The molecule has 0 spiro atoms. The van der Waals surface area contributed by atoms with Crippen molar-refractivity contribution in [1.82, 2.24) is 5.32 Å². The van der Waals surface area contributed by atoms with E-state index in [1.165, 1.54) is 0 Å². The van der Waals surface area contributed by atoms with Crippen molar-refractivity contribution in [1.29, 1.82) is 0 Å². The first-order chi connectivity index (χ1) is 7.56. The van der Waals surface area contributed by atoms with Crippen LogP contribution in [0.25, 0.3) is 0 Å². The molecular weight excluding hydrogens is 212 g/mol. The Morgan fingerprint density at radius 2 is 2.31 bits per heavy atom. The van der Waals surface area contributed by atoms with E-state index in [1.807, 2.05) is 0 Å². The number of nitro groups is 1. The van der Waals surface area contributed by atoms with E-state index in [-0.39, 0.29) is 23.5 Å². The molecule has 1 amide bonds. The summed E-state index contributed by atoms with van der Waals surface area (Å²) in [5, 5.41) is 22.0. The molecule has 2 N–H and O–H groups in total. The zero-order valence-corrected chi connectivity index (χ0v) is 8.14. The topological polar surface area (TPSA) is 92.5 Å². The summed E-state index contributed by atoms with van der Waals surface area (Å²) in [5.41, 5.74) is -0.604. The Balaban J connectivity index is 3.10. The van der Waals surface area contributed by atoms with E-state index in [1.54, 1.807) is 0 Å². The van der Waals surface area contributed by atoms with Crippen LogP contribution in [-0.2, 0) is 0 Å². The third-order valence-electron chi connectivity index (χ3n) is 1.77. The lowest BCUT2D eigenvalue weighted by molar-refractivity contribution is -0.385. The van der Waals surface area contributed by atoms with Gasteiger partial charge in [0, 0.05) is 6.07 Å². The van der Waals surface area contributed by atoms with Crippen LogP contribution in [0.4, 0.5) is 5.69 Å². The SMILES string of the molecule is C#CCNC(=O)c1cc(O)ccc1[N+](=O)[O-]. The number of aromatic hydroxyl groups is 1. The highest BCUT2D eigenvalue weighted by Gasteiger charge is 2.20. The molecule has 0 radical (unpaired) electrons. The number of nitrogens with zero attached hydrogens (tertiary/aromatic N) is 1. The summed E-state index contributed by atoms with van der Waals surface area (Å²) in [5.74, 6) is 1.25. The van der Waals surface area contributed by atoms with Gasteiger partial charge < -0.3 is 10.4 Å². The molecule has 82 valence electrons. The van der Waals surface area contributed by atoms with Gasteiger partial charge >= 0.3 is 0 Å². The van der Waals surface area contributed by atoms with Gasteiger partial charge in [0.2, 0.25) is 0 Å². The Bertz CT molecular complexity index is 476. The quantitative estimate of drug-likeness (QED) is 0.444. The van der Waals surface area contributed by atoms with Crippen molar-refractivity contribution in [3.63, 3.8) is 0 Å². The Hall–Kier alpha value is -2.55. The normalized spacial score (nSPS) is 9.19. The predicted octanol–water partition coefficient (Wildman–Crippen LogP) is 0.663. The molecule has 0 unspecified atom stereocenters. The maximum Gasteiger partial charge on any atom is 0.282 e. The van der Waals surface area contributed by atoms with Crippen LogP contribution in [0.5, 0.6) is 5.75 Å². The summed E-state index contributed by atoms with van der Waals surface area (Å²) in [4.78, 5) is 21.4. The van der Waals surface area contributed by atoms with E-state index in [0.717, 1.165) is 18.2 Å². The van der Waals surface area contributed by atoms with Gasteiger partial charge in [0.25, 0.3) is 11.6 Å². The van der Waals surface area contributed by atoms with E-state index in [4.69, 9.17) is 11.5 Å². The van der Waals surface area contributed by atoms with Gasteiger partial charge in [0.1, 0.15) is 11.3 Å². The number of terminal acetylenes is 1. The second kappa shape index (κ2) is 4.79. The number of hydrogen-bond donors (Lipinski definition) is 2. The summed E-state index contributed by atoms with van der Waals surface area (Å²) in [6.45, 7) is -0.0361. The van der Waals surface area contributed by atoms with E-state index in [0.29, 0.717) is 0 Å². The van der Waals surface area contributed by atoms with Gasteiger partial charge in [-0.3, -0.25) is 14.9 Å². The predicted molar refractivity (Wildman–Crippen MR) is 55.9 cm³/mol. The molecule has 1 aromatic carbocycles. The van der Waals surface area contributed by atoms with Crippen molar-refractivity contribution in [3.8, 4) is 18.1 Å². The number of benzene rings is 1. The van der Waals surface area contributed by atoms with Crippen molar-refractivity contribution in [2.45, 2.75) is 0 Å². The number of phenolic OH excluding ortho intramolecular Hbond substituents is 1. The Kier molecular flexibility index (Phi) is 3.45. The fraction of sp³-hybridized carbons (Fsp3) is 0.100. The average molecular weight is 220 g/mol. The molecule has 0 aromatic heterocycles. The van der Waals surface area contributed by atoms with Crippen LogP contribution in [-0.4, -0.2) is 22.5 Å². The van der Waals surface area contributed by atoms with Crippen molar-refractivity contribution < 1.29 is 14.8 Å². The van der Waals surface area contributed by atoms with Crippen molar-refractivity contribution in [2.75, 3.05) is 6.54 Å². The largest absolute Gasteiger partial charge is 0.508 e. The maximum absolute atomic E-state index is 11.5. The summed E-state index contributed by atoms with van der Waals surface area (Å²) in [7, 11) is 0. The summed E-state index contributed by atoms with van der Waals surface area (Å²) < 4.78 is 0. The van der Waals surface area contributed by atoms with Gasteiger partial charge in [-0.15, -0.1) is 6.42 Å². The highest BCUT2D eigenvalue weighted by atomic mass is 16.6. The van der Waals surface area contributed by atoms with Gasteiger partial charge in [-0.05, 0) is 12.1 Å². The molecule has 16 heavy (non-hydrogen) atoms. The Labute approximate surface area is 91.0 Å². The molecule has 1 rings (SSSR count). The van der Waals surface area contributed by atoms with Crippen LogP contribution >= 0.6 is 0 Å². The fourth-order valence-corrected chi connectivity index (χ4v) is 1.09. The maximum atomic E-state index is 11.5. The Morgan fingerprint density at radius 3 is 2.88 bits per heavy atom. The van der Waals surface area contributed by atoms with Gasteiger partial charge in [0.15, 0.2) is 0 Å². The van der Waals surface area contributed by atoms with Crippen LogP contribution < -0.4 is 5.32 Å². The molecule has 0 saturated heterocycles. The first kappa shape index (κ1) is 11.5. The highest BCUT2D eigenvalue weighted by Crippen LogP contribution is 2.22. The van der Waals surface area contributed by atoms with Gasteiger partial charge in [-0.25, -0.2) is 0 Å². The number of phenols is 1. The number of amides is 1. The number of nitrogens with one attached hydrogen (secondary N) is 1. The third-order valence-corrected chi connectivity index (χ3v) is 1.77. The molecule has 0 aliphatic carbocycles. The second-order valence-electron chi connectivity index (χ2n) is 2.85. The zero-order chi connectivity index (χ0) is 12.1. The van der Waals surface area contributed by atoms with Gasteiger partial charge in [-0.2, -0.15) is 0 Å². The number of carbonyl (C=O) groups excluding carboxylic acids is 1. The van der Waals surface area contributed by atoms with Crippen LogP contribution in [0.2, 0.25) is 0 Å². The summed E-state index contributed by atoms with van der Waals surface area (Å²) in [6.07, 6.45) is 4.93. The van der Waals surface area contributed by atoms with Crippen molar-refractivity contribution >= 4 is 11.6 Å². The van der Waals surface area contributed by atoms with Crippen LogP contribution in [0.3, 0.4) is 0 Å². The monoisotopic (exact) mass is 220 g/mol. The van der Waals surface area contributed by atoms with Gasteiger partial charge in [0.05, 0.1) is 11.5 Å². The third kappa shape index (κ3) is 2.48. The lowest BCUT2D eigenvalue weighted by Gasteiger charge is -2.03. The van der Waals surface area contributed by atoms with Crippen molar-refractivity contribution in [2.24, 2.45) is 0 Å². The smallest absolute Gasteiger partial charge is 0.282 e. The van der Waals surface area contributed by atoms with Crippen molar-refractivity contribution in [3.05, 3.63) is 33.9 Å². The molecule has 1 aromatic rings. The lowest BCUT2D eigenvalue weighted by Crippen LogP contribution is -2.24. The van der Waals surface area contributed by atoms with Crippen LogP contribution in [0.1, 0.15) is 10.4 Å². The fourth-order valence-electron chi connectivity index (χ4n) is 1.09. The second-order valence-corrected chi connectivity index (χ2v) is 2.85. The zero-order valence-electron chi connectivity index (χ0n) is 8.14. The molecule has 0 fully saturated rings. The van der Waals surface area contributed by atoms with Crippen LogP contribution in [0, 0.1) is 22.5 Å². The minimum Gasteiger partial charge on any atom is -0.508 e. The highest BCUT2D eigenvalue weighted by molar-refractivity contribution is 5.98. The molecule has 6 heteroatoms. The molecule has 0 bridgehead atoms. The molecule has 0 saturated carbocycles. The molecule has 6 nitrogen and oxygen atoms in total. The van der Waals surface area contributed by atoms with E-state index < -0.39 is 10.8 Å². The summed E-state index contributed by atoms with van der Waals surface area (Å²) in [6, 6.07) is 3.21. The van der Waals surface area contributed by atoms with E-state index in [9.17, 15) is 14.9 Å².